The first-order chi connectivity index (χ1) is 12.9. The molecule has 2 fully saturated rings. The number of hydrogen-bond donors (Lipinski definition) is 3. The number of piperidine rings is 1. The molecular weight excluding hydrogens is 368 g/mol. The molecular formula is C20H27ClN2O4. The summed E-state index contributed by atoms with van der Waals surface area (Å²) in [4.78, 5) is 25.5. The van der Waals surface area contributed by atoms with Crippen LogP contribution in [0, 0.1) is 5.92 Å². The molecule has 2 atom stereocenters. The maximum absolute atomic E-state index is 12.5. The van der Waals surface area contributed by atoms with Gasteiger partial charge in [0.1, 0.15) is 0 Å². The number of likely N-dealkylation sites (tertiary alicyclic amines) is 1. The molecule has 0 spiro atoms. The van der Waals surface area contributed by atoms with Crippen LogP contribution in [0.15, 0.2) is 24.3 Å². The van der Waals surface area contributed by atoms with Gasteiger partial charge in [-0.05, 0) is 43.4 Å². The normalized spacial score (nSPS) is 25.7. The molecule has 3 rings (SSSR count). The number of aliphatic hydroxyl groups is 1. The van der Waals surface area contributed by atoms with Crippen LogP contribution in [0.5, 0.6) is 0 Å². The van der Waals surface area contributed by atoms with E-state index in [-0.39, 0.29) is 24.3 Å². The van der Waals surface area contributed by atoms with E-state index in [2.05, 4.69) is 10.2 Å². The van der Waals surface area contributed by atoms with Gasteiger partial charge in [0.15, 0.2) is 5.78 Å². The molecule has 1 aromatic carbocycles. The number of ketones is 1. The highest BCUT2D eigenvalue weighted by molar-refractivity contribution is 6.30. The van der Waals surface area contributed by atoms with Crippen molar-refractivity contribution < 1.29 is 19.8 Å². The van der Waals surface area contributed by atoms with Crippen LogP contribution in [-0.2, 0) is 10.4 Å². The van der Waals surface area contributed by atoms with Crippen molar-refractivity contribution in [3.05, 3.63) is 34.9 Å². The fourth-order valence-corrected chi connectivity index (χ4v) is 4.62. The highest BCUT2D eigenvalue weighted by Gasteiger charge is 2.40. The smallest absolute Gasteiger partial charge is 0.405 e. The van der Waals surface area contributed by atoms with Crippen LogP contribution in [0.3, 0.4) is 0 Å². The second-order valence-corrected chi connectivity index (χ2v) is 8.09. The molecule has 2 aliphatic rings. The van der Waals surface area contributed by atoms with E-state index in [9.17, 15) is 14.7 Å². The van der Waals surface area contributed by atoms with E-state index in [1.807, 2.05) is 12.1 Å². The largest absolute Gasteiger partial charge is 0.465 e. The highest BCUT2D eigenvalue weighted by atomic mass is 35.5. The SMILES string of the molecule is O=C(O)NCC(=O)C1CCCCC1N1CCC(O)(c2ccc(Cl)cc2)CC1. The van der Waals surface area contributed by atoms with E-state index >= 15 is 0 Å². The number of carbonyl (C=O) groups is 2. The molecule has 1 aromatic rings. The van der Waals surface area contributed by atoms with Crippen LogP contribution in [-0.4, -0.2) is 52.7 Å². The summed E-state index contributed by atoms with van der Waals surface area (Å²) in [6.45, 7) is 1.32. The first-order valence-corrected chi connectivity index (χ1v) is 9.99. The van der Waals surface area contributed by atoms with Gasteiger partial charge >= 0.3 is 6.09 Å². The predicted molar refractivity (Wildman–Crippen MR) is 103 cm³/mol. The van der Waals surface area contributed by atoms with Crippen molar-refractivity contribution in [2.75, 3.05) is 19.6 Å². The Labute approximate surface area is 164 Å². The lowest BCUT2D eigenvalue weighted by molar-refractivity contribution is -0.126. The van der Waals surface area contributed by atoms with Gasteiger partial charge in [0, 0.05) is 30.1 Å². The molecule has 0 aromatic heterocycles. The van der Waals surface area contributed by atoms with Gasteiger partial charge in [-0.15, -0.1) is 0 Å². The minimum absolute atomic E-state index is 0.0272. The van der Waals surface area contributed by atoms with Crippen LogP contribution < -0.4 is 5.32 Å². The Kier molecular flexibility index (Phi) is 6.40. The summed E-state index contributed by atoms with van der Waals surface area (Å²) in [6.07, 6.45) is 3.90. The molecule has 1 saturated heterocycles. The predicted octanol–water partition coefficient (Wildman–Crippen LogP) is 3.02. The van der Waals surface area contributed by atoms with E-state index in [4.69, 9.17) is 16.7 Å². The van der Waals surface area contributed by atoms with E-state index < -0.39 is 11.7 Å². The number of benzene rings is 1. The van der Waals surface area contributed by atoms with Crippen LogP contribution in [0.4, 0.5) is 4.79 Å². The van der Waals surface area contributed by atoms with Crippen molar-refractivity contribution in [3.8, 4) is 0 Å². The summed E-state index contributed by atoms with van der Waals surface area (Å²) in [6, 6.07) is 7.49. The second kappa shape index (κ2) is 8.59. The van der Waals surface area contributed by atoms with Gasteiger partial charge in [0.25, 0.3) is 0 Å². The minimum atomic E-state index is -1.17. The van der Waals surface area contributed by atoms with Gasteiger partial charge in [-0.25, -0.2) is 4.79 Å². The molecule has 0 bridgehead atoms. The molecule has 27 heavy (non-hydrogen) atoms. The summed E-state index contributed by atoms with van der Waals surface area (Å²) in [5.74, 6) is -0.159. The average Bonchev–Trinajstić information content (AvgIpc) is 2.67. The quantitative estimate of drug-likeness (QED) is 0.714. The zero-order valence-electron chi connectivity index (χ0n) is 15.4. The van der Waals surface area contributed by atoms with Crippen LogP contribution >= 0.6 is 11.6 Å². The third-order valence-corrected chi connectivity index (χ3v) is 6.28. The molecule has 148 valence electrons. The molecule has 2 unspecified atom stereocenters. The zero-order chi connectivity index (χ0) is 19.4. The van der Waals surface area contributed by atoms with Crippen molar-refractivity contribution in [2.45, 2.75) is 50.2 Å². The van der Waals surface area contributed by atoms with Crippen molar-refractivity contribution in [1.82, 2.24) is 10.2 Å². The van der Waals surface area contributed by atoms with E-state index in [1.54, 1.807) is 12.1 Å². The number of nitrogens with one attached hydrogen (secondary N) is 1. The average molecular weight is 395 g/mol. The summed E-state index contributed by atoms with van der Waals surface area (Å²) in [5.41, 5.74) is 0.0219. The first kappa shape index (κ1) is 20.1. The van der Waals surface area contributed by atoms with Gasteiger partial charge in [-0.1, -0.05) is 36.6 Å². The fraction of sp³-hybridized carbons (Fsp3) is 0.600. The Balaban J connectivity index is 1.63. The van der Waals surface area contributed by atoms with Gasteiger partial charge in [-0.3, -0.25) is 9.69 Å². The fourth-order valence-electron chi connectivity index (χ4n) is 4.49. The third kappa shape index (κ3) is 4.81. The van der Waals surface area contributed by atoms with Gasteiger partial charge in [-0.2, -0.15) is 0 Å². The van der Waals surface area contributed by atoms with Crippen LogP contribution in [0.25, 0.3) is 0 Å². The van der Waals surface area contributed by atoms with Crippen LogP contribution in [0.1, 0.15) is 44.1 Å². The minimum Gasteiger partial charge on any atom is -0.465 e. The number of carboxylic acid groups (broad SMARTS) is 1. The Morgan fingerprint density at radius 1 is 1.15 bits per heavy atom. The topological polar surface area (TPSA) is 89.9 Å². The number of hydrogen-bond acceptors (Lipinski definition) is 4. The number of amides is 1. The molecule has 1 amide bonds. The number of rotatable bonds is 5. The van der Waals surface area contributed by atoms with Crippen molar-refractivity contribution >= 4 is 23.5 Å². The lowest BCUT2D eigenvalue weighted by Gasteiger charge is -2.45. The van der Waals surface area contributed by atoms with E-state index in [0.717, 1.165) is 44.3 Å². The lowest BCUT2D eigenvalue weighted by atomic mass is 9.78. The molecule has 0 radical (unpaired) electrons. The maximum atomic E-state index is 12.5. The zero-order valence-corrected chi connectivity index (χ0v) is 16.1. The maximum Gasteiger partial charge on any atom is 0.405 e. The van der Waals surface area contributed by atoms with Crippen LogP contribution in [0.2, 0.25) is 5.02 Å². The summed E-state index contributed by atoms with van der Waals surface area (Å²) in [7, 11) is 0. The Morgan fingerprint density at radius 3 is 2.41 bits per heavy atom. The van der Waals surface area contributed by atoms with Crippen molar-refractivity contribution in [2.24, 2.45) is 5.92 Å². The highest BCUT2D eigenvalue weighted by Crippen LogP contribution is 2.37. The molecule has 1 aliphatic heterocycles. The monoisotopic (exact) mass is 394 g/mol. The Bertz CT molecular complexity index is 671. The molecule has 3 N–H and O–H groups in total. The van der Waals surface area contributed by atoms with Gasteiger partial charge in [0.05, 0.1) is 12.1 Å². The standard InChI is InChI=1S/C20H27ClN2O4/c21-15-7-5-14(6-8-15)20(27)9-11-23(12-10-20)17-4-2-1-3-16(17)18(24)13-22-19(25)26/h5-8,16-17,22,27H,1-4,9-13H2,(H,25,26). The number of halogens is 1. The van der Waals surface area contributed by atoms with Crippen molar-refractivity contribution in [3.63, 3.8) is 0 Å². The van der Waals surface area contributed by atoms with Crippen molar-refractivity contribution in [1.29, 1.82) is 0 Å². The molecule has 1 saturated carbocycles. The first-order valence-electron chi connectivity index (χ1n) is 9.61. The third-order valence-electron chi connectivity index (χ3n) is 6.03. The number of nitrogens with zero attached hydrogens (tertiary/aromatic N) is 1. The molecule has 1 heterocycles. The summed E-state index contributed by atoms with van der Waals surface area (Å²) < 4.78 is 0. The number of carbonyl (C=O) groups excluding carboxylic acids is 1. The Morgan fingerprint density at radius 2 is 1.78 bits per heavy atom. The summed E-state index contributed by atoms with van der Waals surface area (Å²) >= 11 is 5.95. The molecule has 1 aliphatic carbocycles. The molecule has 7 heteroatoms. The van der Waals surface area contributed by atoms with Gasteiger partial charge < -0.3 is 15.5 Å². The second-order valence-electron chi connectivity index (χ2n) is 7.66. The Hall–Kier alpha value is -1.63. The lowest BCUT2D eigenvalue weighted by Crippen LogP contribution is -2.52. The number of Topliss-reactive ketones (excluding diaryl/α,β-unsaturated/α-hetero) is 1. The van der Waals surface area contributed by atoms with Gasteiger partial charge in [0.2, 0.25) is 0 Å². The van der Waals surface area contributed by atoms with E-state index in [1.165, 1.54) is 0 Å². The van der Waals surface area contributed by atoms with E-state index in [0.29, 0.717) is 17.9 Å². The molecule has 6 nitrogen and oxygen atoms in total. The summed E-state index contributed by atoms with van der Waals surface area (Å²) in [5, 5.41) is 22.7.